The first-order chi connectivity index (χ1) is 23.7. The summed E-state index contributed by atoms with van der Waals surface area (Å²) in [6, 6.07) is 4.12. The molecule has 288 valence electrons. The van der Waals surface area contributed by atoms with Crippen LogP contribution in [0, 0.1) is 23.7 Å². The largest absolute Gasteiger partial charge is 0.481 e. The van der Waals surface area contributed by atoms with Crippen molar-refractivity contribution >= 4 is 35.5 Å². The SMILES string of the molecule is CC(C)CC(=O)NC(C(=O)NC(C(=O)NC(CC(C)C)C(O)CC(=O)NC(C)C(=O)NC(Cc1ccccc1)C(O)CC(=O)O)C(C)C)C(C)C. The van der Waals surface area contributed by atoms with Gasteiger partial charge >= 0.3 is 5.97 Å². The van der Waals surface area contributed by atoms with E-state index in [2.05, 4.69) is 26.6 Å². The highest BCUT2D eigenvalue weighted by atomic mass is 16.4. The Balaban J connectivity index is 2.97. The van der Waals surface area contributed by atoms with Crippen molar-refractivity contribution < 1.29 is 44.1 Å². The van der Waals surface area contributed by atoms with Gasteiger partial charge in [-0.15, -0.1) is 0 Å². The average molecular weight is 720 g/mol. The van der Waals surface area contributed by atoms with Crippen molar-refractivity contribution in [3.8, 4) is 0 Å². The number of carbonyl (C=O) groups excluding carboxylic acids is 5. The Labute approximate surface area is 302 Å². The molecule has 14 nitrogen and oxygen atoms in total. The zero-order valence-corrected chi connectivity index (χ0v) is 31.6. The molecule has 8 N–H and O–H groups in total. The predicted molar refractivity (Wildman–Crippen MR) is 193 cm³/mol. The summed E-state index contributed by atoms with van der Waals surface area (Å²) < 4.78 is 0. The highest BCUT2D eigenvalue weighted by Gasteiger charge is 2.34. The fourth-order valence-corrected chi connectivity index (χ4v) is 5.49. The number of nitrogens with one attached hydrogen (secondary N) is 5. The van der Waals surface area contributed by atoms with Crippen molar-refractivity contribution in [2.45, 2.75) is 137 Å². The second kappa shape index (κ2) is 22.0. The smallest absolute Gasteiger partial charge is 0.306 e. The van der Waals surface area contributed by atoms with Gasteiger partial charge in [-0.1, -0.05) is 85.7 Å². The number of carboxylic acid groups (broad SMARTS) is 1. The van der Waals surface area contributed by atoms with Gasteiger partial charge in [0.05, 0.1) is 37.1 Å². The summed E-state index contributed by atoms with van der Waals surface area (Å²) in [5.41, 5.74) is 0.762. The molecule has 51 heavy (non-hydrogen) atoms. The summed E-state index contributed by atoms with van der Waals surface area (Å²) in [6.45, 7) is 16.1. The first-order valence-corrected chi connectivity index (χ1v) is 17.8. The molecule has 0 saturated heterocycles. The zero-order chi connectivity index (χ0) is 39.0. The van der Waals surface area contributed by atoms with Crippen LogP contribution in [-0.4, -0.2) is 93.2 Å². The molecule has 0 heterocycles. The lowest BCUT2D eigenvalue weighted by atomic mass is 9.95. The average Bonchev–Trinajstić information content (AvgIpc) is 3.00. The van der Waals surface area contributed by atoms with E-state index in [0.717, 1.165) is 5.56 Å². The third kappa shape index (κ3) is 17.2. The first-order valence-electron chi connectivity index (χ1n) is 17.8. The van der Waals surface area contributed by atoms with Crippen LogP contribution in [0.2, 0.25) is 0 Å². The van der Waals surface area contributed by atoms with Gasteiger partial charge in [0.25, 0.3) is 0 Å². The Hall–Kier alpha value is -4.04. The molecule has 0 aromatic heterocycles. The van der Waals surface area contributed by atoms with Crippen molar-refractivity contribution in [1.82, 2.24) is 26.6 Å². The van der Waals surface area contributed by atoms with Crippen molar-refractivity contribution in [3.63, 3.8) is 0 Å². The molecule has 7 unspecified atom stereocenters. The van der Waals surface area contributed by atoms with Crippen LogP contribution in [0.25, 0.3) is 0 Å². The Morgan fingerprint density at radius 3 is 1.57 bits per heavy atom. The summed E-state index contributed by atoms with van der Waals surface area (Å²) in [4.78, 5) is 76.6. The summed E-state index contributed by atoms with van der Waals surface area (Å²) in [7, 11) is 0. The van der Waals surface area contributed by atoms with Gasteiger partial charge in [-0.3, -0.25) is 28.8 Å². The molecule has 0 aliphatic rings. The van der Waals surface area contributed by atoms with Crippen LogP contribution in [0.1, 0.15) is 93.6 Å². The van der Waals surface area contributed by atoms with Crippen LogP contribution in [0.5, 0.6) is 0 Å². The van der Waals surface area contributed by atoms with Crippen LogP contribution < -0.4 is 26.6 Å². The molecule has 1 rings (SSSR count). The molecule has 0 bridgehead atoms. The van der Waals surface area contributed by atoms with E-state index in [9.17, 15) is 44.1 Å². The van der Waals surface area contributed by atoms with Gasteiger partial charge in [0, 0.05) is 6.42 Å². The van der Waals surface area contributed by atoms with E-state index in [0.29, 0.717) is 6.42 Å². The number of hydrogen-bond donors (Lipinski definition) is 8. The Morgan fingerprint density at radius 2 is 1.06 bits per heavy atom. The third-order valence-electron chi connectivity index (χ3n) is 8.26. The van der Waals surface area contributed by atoms with Crippen molar-refractivity contribution in [3.05, 3.63) is 35.9 Å². The Morgan fingerprint density at radius 1 is 0.569 bits per heavy atom. The van der Waals surface area contributed by atoms with Crippen molar-refractivity contribution in [2.75, 3.05) is 0 Å². The number of aliphatic hydroxyl groups excluding tert-OH is 2. The molecule has 5 amide bonds. The van der Waals surface area contributed by atoms with Gasteiger partial charge in [0.1, 0.15) is 18.1 Å². The topological polar surface area (TPSA) is 223 Å². The highest BCUT2D eigenvalue weighted by molar-refractivity contribution is 5.92. The second-order valence-corrected chi connectivity index (χ2v) is 14.9. The van der Waals surface area contributed by atoms with E-state index in [4.69, 9.17) is 0 Å². The number of amides is 5. The van der Waals surface area contributed by atoms with Crippen LogP contribution >= 0.6 is 0 Å². The maximum atomic E-state index is 13.6. The lowest BCUT2D eigenvalue weighted by Crippen LogP contribution is -2.59. The standard InChI is InChI=1S/C37H61N5O9/c1-20(2)15-26(40-36(50)34(23(7)8)42-37(51)33(22(5)6)41-30(45)16-21(3)4)28(43)18-31(46)38-24(9)35(49)39-27(29(44)19-32(47)48)17-25-13-11-10-12-14-25/h10-14,20-24,26-29,33-34,43-44H,15-19H2,1-9H3,(H,38,46)(H,39,49)(H,40,50)(H,41,45)(H,42,51)(H,47,48). The summed E-state index contributed by atoms with van der Waals surface area (Å²) in [5.74, 6) is -4.41. The molecule has 1 aromatic carbocycles. The summed E-state index contributed by atoms with van der Waals surface area (Å²) in [5, 5.41) is 44.3. The molecule has 0 aliphatic carbocycles. The molecular formula is C37H61N5O9. The summed E-state index contributed by atoms with van der Waals surface area (Å²) in [6.07, 6.45) is -3.09. The Bertz CT molecular complexity index is 1290. The molecule has 7 atom stereocenters. The zero-order valence-electron chi connectivity index (χ0n) is 31.6. The van der Waals surface area contributed by atoms with Crippen LogP contribution in [0.4, 0.5) is 0 Å². The molecule has 1 aromatic rings. The minimum atomic E-state index is -1.39. The normalized spacial score (nSPS) is 15.7. The summed E-state index contributed by atoms with van der Waals surface area (Å²) >= 11 is 0. The molecule has 0 spiro atoms. The number of hydrogen-bond acceptors (Lipinski definition) is 8. The fraction of sp³-hybridized carbons (Fsp3) is 0.676. The van der Waals surface area contributed by atoms with Crippen LogP contribution in [0.15, 0.2) is 30.3 Å². The van der Waals surface area contributed by atoms with Gasteiger partial charge in [0.15, 0.2) is 0 Å². The number of carbonyl (C=O) groups is 6. The van der Waals surface area contributed by atoms with E-state index in [1.165, 1.54) is 6.92 Å². The quantitative estimate of drug-likeness (QED) is 0.0872. The van der Waals surface area contributed by atoms with Crippen molar-refractivity contribution in [2.24, 2.45) is 23.7 Å². The molecule has 14 heteroatoms. The van der Waals surface area contributed by atoms with Gasteiger partial charge in [-0.05, 0) is 49.0 Å². The maximum absolute atomic E-state index is 13.6. The predicted octanol–water partition coefficient (Wildman–Crippen LogP) is 1.66. The monoisotopic (exact) mass is 719 g/mol. The minimum absolute atomic E-state index is 0.00470. The van der Waals surface area contributed by atoms with E-state index in [-0.39, 0.29) is 42.4 Å². The number of benzene rings is 1. The van der Waals surface area contributed by atoms with E-state index in [1.807, 2.05) is 27.7 Å². The first kappa shape index (κ1) is 45.0. The lowest BCUT2D eigenvalue weighted by molar-refractivity contribution is -0.140. The van der Waals surface area contributed by atoms with Gasteiger partial charge in [-0.25, -0.2) is 0 Å². The maximum Gasteiger partial charge on any atom is 0.306 e. The fourth-order valence-electron chi connectivity index (χ4n) is 5.49. The van der Waals surface area contributed by atoms with Gasteiger partial charge in [-0.2, -0.15) is 0 Å². The third-order valence-corrected chi connectivity index (χ3v) is 8.26. The van der Waals surface area contributed by atoms with E-state index in [1.54, 1.807) is 58.0 Å². The number of carboxylic acids is 1. The molecule has 0 saturated carbocycles. The van der Waals surface area contributed by atoms with E-state index >= 15 is 0 Å². The van der Waals surface area contributed by atoms with Gasteiger partial charge in [0.2, 0.25) is 29.5 Å². The number of aliphatic hydroxyl groups is 2. The number of rotatable bonds is 22. The van der Waals surface area contributed by atoms with Crippen LogP contribution in [-0.2, 0) is 35.2 Å². The highest BCUT2D eigenvalue weighted by Crippen LogP contribution is 2.15. The number of aliphatic carboxylic acids is 1. The van der Waals surface area contributed by atoms with Crippen molar-refractivity contribution in [1.29, 1.82) is 0 Å². The second-order valence-electron chi connectivity index (χ2n) is 14.9. The Kier molecular flexibility index (Phi) is 19.4. The molecule has 0 radical (unpaired) electrons. The molecule has 0 aliphatic heterocycles. The van der Waals surface area contributed by atoms with E-state index < -0.39 is 84.9 Å². The van der Waals surface area contributed by atoms with Gasteiger partial charge < -0.3 is 41.9 Å². The lowest BCUT2D eigenvalue weighted by Gasteiger charge is -2.31. The minimum Gasteiger partial charge on any atom is -0.481 e. The van der Waals surface area contributed by atoms with Crippen LogP contribution in [0.3, 0.4) is 0 Å². The molecule has 0 fully saturated rings. The molecular weight excluding hydrogens is 658 g/mol.